The molecule has 0 saturated heterocycles. The fourth-order valence-electron chi connectivity index (χ4n) is 0.769. The number of furan rings is 1. The van der Waals surface area contributed by atoms with E-state index < -0.39 is 0 Å². The Hall–Kier alpha value is -1.09. The molecule has 3 heteroatoms. The molecule has 0 saturated carbocycles. The van der Waals surface area contributed by atoms with Gasteiger partial charge in [-0.1, -0.05) is 0 Å². The first kappa shape index (κ1) is 5.68. The van der Waals surface area contributed by atoms with Gasteiger partial charge in [0.2, 0.25) is 0 Å². The van der Waals surface area contributed by atoms with E-state index in [0.29, 0.717) is 0 Å². The van der Waals surface area contributed by atoms with Gasteiger partial charge >= 0.3 is 0 Å². The third kappa shape index (κ3) is 0.844. The van der Waals surface area contributed by atoms with E-state index in [1.165, 1.54) is 11.5 Å². The number of nitrogens with zero attached hydrogens (tertiary/aromatic N) is 1. The fourth-order valence-corrected chi connectivity index (χ4v) is 1.30. The van der Waals surface area contributed by atoms with Crippen LogP contribution in [0.2, 0.25) is 0 Å². The molecule has 2 aromatic rings. The van der Waals surface area contributed by atoms with Gasteiger partial charge in [0.25, 0.3) is 0 Å². The van der Waals surface area contributed by atoms with Crippen LogP contribution >= 0.6 is 11.5 Å². The molecule has 0 bridgehead atoms. The molecular formula is C7H5NOS. The first-order chi connectivity index (χ1) is 4.97. The molecule has 0 aliphatic rings. The monoisotopic (exact) mass is 151 g/mol. The maximum absolute atomic E-state index is 5.14. The molecule has 0 radical (unpaired) electrons. The average Bonchev–Trinajstić information content (AvgIpc) is 2.59. The van der Waals surface area contributed by atoms with E-state index in [2.05, 4.69) is 4.37 Å². The third-order valence-corrected chi connectivity index (χ3v) is 1.82. The lowest BCUT2D eigenvalue weighted by Gasteiger charge is -1.84. The molecule has 0 N–H and O–H groups in total. The summed E-state index contributed by atoms with van der Waals surface area (Å²) >= 11 is 1.43. The van der Waals surface area contributed by atoms with E-state index in [1.54, 1.807) is 12.5 Å². The van der Waals surface area contributed by atoms with Crippen molar-refractivity contribution in [2.75, 3.05) is 0 Å². The van der Waals surface area contributed by atoms with E-state index in [-0.39, 0.29) is 0 Å². The molecule has 0 spiro atoms. The lowest BCUT2D eigenvalue weighted by atomic mass is 10.3. The highest BCUT2D eigenvalue weighted by Gasteiger charge is 1.98. The number of aromatic nitrogens is 1. The van der Waals surface area contributed by atoms with Gasteiger partial charge in [-0.3, -0.25) is 0 Å². The molecule has 0 atom stereocenters. The van der Waals surface area contributed by atoms with Crippen LogP contribution < -0.4 is 0 Å². The zero-order chi connectivity index (χ0) is 6.81. The highest BCUT2D eigenvalue weighted by Crippen LogP contribution is 2.19. The quantitative estimate of drug-likeness (QED) is 0.625. The third-order valence-electron chi connectivity index (χ3n) is 1.24. The Labute approximate surface area is 62.3 Å². The van der Waals surface area contributed by atoms with Crippen molar-refractivity contribution in [1.82, 2.24) is 4.37 Å². The van der Waals surface area contributed by atoms with Crippen molar-refractivity contribution in [1.29, 1.82) is 0 Å². The summed E-state index contributed by atoms with van der Waals surface area (Å²) in [6, 6.07) is 3.79. The largest absolute Gasteiger partial charge is 0.464 e. The predicted molar refractivity (Wildman–Crippen MR) is 39.8 cm³/mol. The van der Waals surface area contributed by atoms with Gasteiger partial charge in [-0.2, -0.15) is 0 Å². The highest BCUT2D eigenvalue weighted by atomic mass is 32.1. The lowest BCUT2D eigenvalue weighted by molar-refractivity contribution is 0.582. The maximum Gasteiger partial charge on any atom is 0.136 e. The zero-order valence-electron chi connectivity index (χ0n) is 5.15. The summed E-state index contributed by atoms with van der Waals surface area (Å²) < 4.78 is 9.10. The first-order valence-electron chi connectivity index (χ1n) is 2.90. The van der Waals surface area contributed by atoms with Crippen molar-refractivity contribution < 1.29 is 4.42 Å². The van der Waals surface area contributed by atoms with Crippen LogP contribution in [0.15, 0.2) is 34.4 Å². The normalized spacial score (nSPS) is 10.0. The first-order valence-corrected chi connectivity index (χ1v) is 3.74. The average molecular weight is 151 g/mol. The summed E-state index contributed by atoms with van der Waals surface area (Å²) in [6.07, 6.45) is 3.45. The summed E-state index contributed by atoms with van der Waals surface area (Å²) in [5.74, 6) is 0.883. The fraction of sp³-hybridized carbons (Fsp3) is 0. The van der Waals surface area contributed by atoms with Crippen LogP contribution in [0.1, 0.15) is 0 Å². The van der Waals surface area contributed by atoms with Gasteiger partial charge < -0.3 is 4.42 Å². The van der Waals surface area contributed by atoms with E-state index in [4.69, 9.17) is 4.42 Å². The Bertz CT molecular complexity index is 253. The molecular weight excluding hydrogens is 146 g/mol. The second-order valence-corrected chi connectivity index (χ2v) is 2.55. The predicted octanol–water partition coefficient (Wildman–Crippen LogP) is 2.40. The molecule has 0 amide bonds. The van der Waals surface area contributed by atoms with Crippen LogP contribution in [-0.4, -0.2) is 4.37 Å². The molecule has 2 rings (SSSR count). The molecule has 0 fully saturated rings. The van der Waals surface area contributed by atoms with Crippen molar-refractivity contribution in [2.45, 2.75) is 0 Å². The molecule has 50 valence electrons. The van der Waals surface area contributed by atoms with Crippen molar-refractivity contribution in [3.63, 3.8) is 0 Å². The van der Waals surface area contributed by atoms with Crippen LogP contribution in [0.3, 0.4) is 0 Å². The van der Waals surface area contributed by atoms with Gasteiger partial charge in [-0.05, 0) is 23.7 Å². The minimum Gasteiger partial charge on any atom is -0.464 e. The Balaban J connectivity index is 2.48. The minimum absolute atomic E-state index is 0.883. The molecule has 2 heterocycles. The summed E-state index contributed by atoms with van der Waals surface area (Å²) in [7, 11) is 0. The van der Waals surface area contributed by atoms with Gasteiger partial charge in [-0.15, -0.1) is 0 Å². The van der Waals surface area contributed by atoms with Gasteiger partial charge in [0.1, 0.15) is 5.76 Å². The van der Waals surface area contributed by atoms with Crippen molar-refractivity contribution >= 4 is 11.5 Å². The molecule has 0 unspecified atom stereocenters. The Morgan fingerprint density at radius 3 is 3.10 bits per heavy atom. The smallest absolute Gasteiger partial charge is 0.136 e. The standard InChI is InChI=1S/C7H5NOS/c1-2-7(9-3-1)6-4-8-10-5-6/h1-5H. The van der Waals surface area contributed by atoms with Gasteiger partial charge in [0, 0.05) is 10.9 Å². The second kappa shape index (κ2) is 2.27. The number of rotatable bonds is 1. The molecule has 0 aliphatic carbocycles. The molecule has 10 heavy (non-hydrogen) atoms. The van der Waals surface area contributed by atoms with Gasteiger partial charge in [-0.25, -0.2) is 4.37 Å². The summed E-state index contributed by atoms with van der Waals surface area (Å²) in [4.78, 5) is 0. The van der Waals surface area contributed by atoms with E-state index in [1.807, 2.05) is 17.5 Å². The van der Waals surface area contributed by atoms with Crippen LogP contribution in [-0.2, 0) is 0 Å². The van der Waals surface area contributed by atoms with Crippen LogP contribution in [0.4, 0.5) is 0 Å². The highest BCUT2D eigenvalue weighted by molar-refractivity contribution is 7.03. The van der Waals surface area contributed by atoms with Crippen molar-refractivity contribution in [2.24, 2.45) is 0 Å². The maximum atomic E-state index is 5.14. The molecule has 0 aromatic carbocycles. The SMILES string of the molecule is c1coc(-c2cnsc2)c1. The van der Waals surface area contributed by atoms with Crippen molar-refractivity contribution in [3.05, 3.63) is 30.0 Å². The van der Waals surface area contributed by atoms with Gasteiger partial charge in [0.15, 0.2) is 0 Å². The van der Waals surface area contributed by atoms with Crippen LogP contribution in [0.25, 0.3) is 11.3 Å². The van der Waals surface area contributed by atoms with E-state index in [0.717, 1.165) is 11.3 Å². The number of hydrogen-bond acceptors (Lipinski definition) is 3. The Kier molecular flexibility index (Phi) is 1.29. The minimum atomic E-state index is 0.883. The molecule has 2 nitrogen and oxygen atoms in total. The van der Waals surface area contributed by atoms with Crippen LogP contribution in [0, 0.1) is 0 Å². The lowest BCUT2D eigenvalue weighted by Crippen LogP contribution is -1.62. The van der Waals surface area contributed by atoms with E-state index >= 15 is 0 Å². The summed E-state index contributed by atoms with van der Waals surface area (Å²) in [5, 5.41) is 1.96. The topological polar surface area (TPSA) is 26.0 Å². The van der Waals surface area contributed by atoms with E-state index in [9.17, 15) is 0 Å². The Morgan fingerprint density at radius 1 is 1.50 bits per heavy atom. The van der Waals surface area contributed by atoms with Gasteiger partial charge in [0.05, 0.1) is 12.5 Å². The molecule has 2 aromatic heterocycles. The second-order valence-electron chi connectivity index (χ2n) is 1.89. The zero-order valence-corrected chi connectivity index (χ0v) is 5.97. The summed E-state index contributed by atoms with van der Waals surface area (Å²) in [6.45, 7) is 0. The number of hydrogen-bond donors (Lipinski definition) is 0. The summed E-state index contributed by atoms with van der Waals surface area (Å²) in [5.41, 5.74) is 1.05. The molecule has 0 aliphatic heterocycles. The Morgan fingerprint density at radius 2 is 2.50 bits per heavy atom. The van der Waals surface area contributed by atoms with Crippen LogP contribution in [0.5, 0.6) is 0 Å². The van der Waals surface area contributed by atoms with Crippen molar-refractivity contribution in [3.8, 4) is 11.3 Å².